The molecule has 1 fully saturated rings. The van der Waals surface area contributed by atoms with Crippen LogP contribution in [0, 0.1) is 0 Å². The largest absolute Gasteiger partial charge is 0.496 e. The highest BCUT2D eigenvalue weighted by atomic mass is 32.1. The standard InChI is InChI=1S/C21H20N4O3S/c1-28-17-10-6-5-9-15(17)13-25-16(11-12-18(25)26)19(27)22-21-24-23-20(29-21)14-7-3-2-4-8-14/h2-10,16H,11-13H2,1H3,(H,22,24,27). The Kier molecular flexibility index (Phi) is 5.53. The average molecular weight is 408 g/mol. The van der Waals surface area contributed by atoms with Gasteiger partial charge in [0.2, 0.25) is 16.9 Å². The fraction of sp³-hybridized carbons (Fsp3) is 0.238. The lowest BCUT2D eigenvalue weighted by Gasteiger charge is -2.24. The number of para-hydroxylation sites is 1. The summed E-state index contributed by atoms with van der Waals surface area (Å²) in [6.07, 6.45) is 0.822. The molecule has 1 aliphatic heterocycles. The summed E-state index contributed by atoms with van der Waals surface area (Å²) in [4.78, 5) is 26.9. The van der Waals surface area contributed by atoms with Gasteiger partial charge in [0, 0.05) is 17.5 Å². The Morgan fingerprint density at radius 3 is 2.72 bits per heavy atom. The van der Waals surface area contributed by atoms with Crippen molar-refractivity contribution < 1.29 is 14.3 Å². The zero-order valence-corrected chi connectivity index (χ0v) is 16.7. The Morgan fingerprint density at radius 2 is 1.93 bits per heavy atom. The SMILES string of the molecule is COc1ccccc1CN1C(=O)CCC1C(=O)Nc1nnc(-c2ccccc2)s1. The second-order valence-corrected chi connectivity index (χ2v) is 7.63. The number of rotatable bonds is 6. The van der Waals surface area contributed by atoms with Crippen LogP contribution in [0.25, 0.3) is 10.6 Å². The van der Waals surface area contributed by atoms with Gasteiger partial charge in [0.1, 0.15) is 16.8 Å². The molecule has 0 spiro atoms. The molecule has 1 atom stereocenters. The molecule has 7 nitrogen and oxygen atoms in total. The van der Waals surface area contributed by atoms with Crippen molar-refractivity contribution in [3.05, 3.63) is 60.2 Å². The molecular weight excluding hydrogens is 388 g/mol. The zero-order valence-electron chi connectivity index (χ0n) is 15.9. The number of amides is 2. The molecule has 0 saturated carbocycles. The van der Waals surface area contributed by atoms with Crippen LogP contribution in [0.4, 0.5) is 5.13 Å². The van der Waals surface area contributed by atoms with Gasteiger partial charge in [-0.25, -0.2) is 0 Å². The lowest BCUT2D eigenvalue weighted by Crippen LogP contribution is -2.41. The number of benzene rings is 2. The van der Waals surface area contributed by atoms with Crippen molar-refractivity contribution in [2.24, 2.45) is 0 Å². The number of ether oxygens (including phenoxy) is 1. The lowest BCUT2D eigenvalue weighted by atomic mass is 10.1. The Bertz CT molecular complexity index is 1020. The van der Waals surface area contributed by atoms with Gasteiger partial charge in [-0.2, -0.15) is 0 Å². The second kappa shape index (κ2) is 8.40. The summed E-state index contributed by atoms with van der Waals surface area (Å²) in [5.41, 5.74) is 1.81. The van der Waals surface area contributed by atoms with Crippen LogP contribution in [0.5, 0.6) is 5.75 Å². The molecule has 8 heteroatoms. The molecule has 1 unspecified atom stereocenters. The topological polar surface area (TPSA) is 84.4 Å². The molecule has 3 aromatic rings. The van der Waals surface area contributed by atoms with Crippen LogP contribution < -0.4 is 10.1 Å². The molecule has 0 bridgehead atoms. The molecule has 148 valence electrons. The Labute approximate surface area is 172 Å². The van der Waals surface area contributed by atoms with E-state index in [2.05, 4.69) is 15.5 Å². The summed E-state index contributed by atoms with van der Waals surface area (Å²) in [6, 6.07) is 16.6. The van der Waals surface area contributed by atoms with E-state index in [1.165, 1.54) is 11.3 Å². The third-order valence-corrected chi connectivity index (χ3v) is 5.73. The smallest absolute Gasteiger partial charge is 0.249 e. The van der Waals surface area contributed by atoms with Gasteiger partial charge in [0.25, 0.3) is 0 Å². The van der Waals surface area contributed by atoms with Gasteiger partial charge in [-0.15, -0.1) is 10.2 Å². The first-order valence-electron chi connectivity index (χ1n) is 9.27. The number of carbonyl (C=O) groups is 2. The molecule has 0 aliphatic carbocycles. The maximum atomic E-state index is 12.9. The predicted octanol–water partition coefficient (Wildman–Crippen LogP) is 3.34. The van der Waals surface area contributed by atoms with Crippen LogP contribution in [0.1, 0.15) is 18.4 Å². The molecule has 2 amide bonds. The van der Waals surface area contributed by atoms with Crippen molar-refractivity contribution in [1.29, 1.82) is 0 Å². The molecule has 1 aromatic heterocycles. The van der Waals surface area contributed by atoms with Crippen LogP contribution in [0.15, 0.2) is 54.6 Å². The van der Waals surface area contributed by atoms with Gasteiger partial charge in [-0.1, -0.05) is 59.9 Å². The summed E-state index contributed by atoms with van der Waals surface area (Å²) in [6.45, 7) is 0.326. The van der Waals surface area contributed by atoms with E-state index < -0.39 is 6.04 Å². The maximum Gasteiger partial charge on any atom is 0.249 e. The number of likely N-dealkylation sites (tertiary alicyclic amines) is 1. The highest BCUT2D eigenvalue weighted by Crippen LogP contribution is 2.29. The van der Waals surface area contributed by atoms with Crippen molar-refractivity contribution in [2.75, 3.05) is 12.4 Å². The molecule has 1 saturated heterocycles. The van der Waals surface area contributed by atoms with E-state index >= 15 is 0 Å². The summed E-state index contributed by atoms with van der Waals surface area (Å²) in [5.74, 6) is 0.405. The molecule has 1 aliphatic rings. The first-order valence-corrected chi connectivity index (χ1v) is 10.1. The van der Waals surface area contributed by atoms with E-state index in [1.54, 1.807) is 12.0 Å². The number of nitrogens with zero attached hydrogens (tertiary/aromatic N) is 3. The number of aromatic nitrogens is 2. The lowest BCUT2D eigenvalue weighted by molar-refractivity contribution is -0.133. The van der Waals surface area contributed by atoms with Gasteiger partial charge in [0.05, 0.1) is 13.7 Å². The summed E-state index contributed by atoms with van der Waals surface area (Å²) in [7, 11) is 1.59. The van der Waals surface area contributed by atoms with Gasteiger partial charge in [-0.3, -0.25) is 14.9 Å². The van der Waals surface area contributed by atoms with Gasteiger partial charge in [0.15, 0.2) is 0 Å². The minimum atomic E-state index is -0.545. The van der Waals surface area contributed by atoms with Gasteiger partial charge >= 0.3 is 0 Å². The van der Waals surface area contributed by atoms with E-state index in [9.17, 15) is 9.59 Å². The van der Waals surface area contributed by atoms with E-state index in [4.69, 9.17) is 4.74 Å². The Hall–Kier alpha value is -3.26. The van der Waals surface area contributed by atoms with Crippen LogP contribution in [0.2, 0.25) is 0 Å². The van der Waals surface area contributed by atoms with Gasteiger partial charge in [-0.05, 0) is 12.5 Å². The number of hydrogen-bond donors (Lipinski definition) is 1. The van der Waals surface area contributed by atoms with Crippen molar-refractivity contribution in [3.8, 4) is 16.3 Å². The van der Waals surface area contributed by atoms with Crippen molar-refractivity contribution in [2.45, 2.75) is 25.4 Å². The first kappa shape index (κ1) is 19.1. The maximum absolute atomic E-state index is 12.9. The van der Waals surface area contributed by atoms with Crippen LogP contribution in [-0.4, -0.2) is 40.1 Å². The second-order valence-electron chi connectivity index (χ2n) is 6.66. The highest BCUT2D eigenvalue weighted by molar-refractivity contribution is 7.18. The van der Waals surface area contributed by atoms with E-state index in [-0.39, 0.29) is 11.8 Å². The molecule has 4 rings (SSSR count). The normalized spacial score (nSPS) is 16.1. The van der Waals surface area contributed by atoms with Crippen molar-refractivity contribution >= 4 is 28.3 Å². The van der Waals surface area contributed by atoms with E-state index in [1.807, 2.05) is 54.6 Å². The fourth-order valence-corrected chi connectivity index (χ4v) is 4.13. The Morgan fingerprint density at radius 1 is 1.17 bits per heavy atom. The molecular formula is C21H20N4O3S. The zero-order chi connectivity index (χ0) is 20.2. The highest BCUT2D eigenvalue weighted by Gasteiger charge is 2.36. The summed E-state index contributed by atoms with van der Waals surface area (Å²) < 4.78 is 5.37. The summed E-state index contributed by atoms with van der Waals surface area (Å²) in [5, 5.41) is 12.2. The molecule has 2 heterocycles. The van der Waals surface area contributed by atoms with Crippen LogP contribution in [-0.2, 0) is 16.1 Å². The first-order chi connectivity index (χ1) is 14.2. The Balaban J connectivity index is 1.47. The van der Waals surface area contributed by atoms with Crippen molar-refractivity contribution in [3.63, 3.8) is 0 Å². The third kappa shape index (κ3) is 4.12. The third-order valence-electron chi connectivity index (χ3n) is 4.84. The minimum Gasteiger partial charge on any atom is -0.496 e. The number of methoxy groups -OCH3 is 1. The van der Waals surface area contributed by atoms with Crippen molar-refractivity contribution in [1.82, 2.24) is 15.1 Å². The number of anilines is 1. The van der Waals surface area contributed by atoms with Gasteiger partial charge < -0.3 is 9.64 Å². The van der Waals surface area contributed by atoms with E-state index in [0.29, 0.717) is 30.3 Å². The fourth-order valence-electron chi connectivity index (χ4n) is 3.38. The average Bonchev–Trinajstić information content (AvgIpc) is 3.36. The molecule has 0 radical (unpaired) electrons. The molecule has 1 N–H and O–H groups in total. The van der Waals surface area contributed by atoms with Crippen LogP contribution in [0.3, 0.4) is 0 Å². The quantitative estimate of drug-likeness (QED) is 0.676. The molecule has 2 aromatic carbocycles. The predicted molar refractivity (Wildman–Crippen MR) is 111 cm³/mol. The number of nitrogens with one attached hydrogen (secondary N) is 1. The number of hydrogen-bond acceptors (Lipinski definition) is 6. The monoisotopic (exact) mass is 408 g/mol. The molecule has 29 heavy (non-hydrogen) atoms. The van der Waals surface area contributed by atoms with Crippen LogP contribution >= 0.6 is 11.3 Å². The summed E-state index contributed by atoms with van der Waals surface area (Å²) >= 11 is 1.31. The number of carbonyl (C=O) groups excluding carboxylic acids is 2. The van der Waals surface area contributed by atoms with E-state index in [0.717, 1.165) is 16.1 Å². The minimum absolute atomic E-state index is 0.0432.